The number of rotatable bonds is 5. The van der Waals surface area contributed by atoms with Crippen LogP contribution in [0.15, 0.2) is 47.9 Å². The van der Waals surface area contributed by atoms with Crippen molar-refractivity contribution in [2.45, 2.75) is 39.2 Å². The lowest BCUT2D eigenvalue weighted by Gasteiger charge is -2.34. The van der Waals surface area contributed by atoms with Crippen molar-refractivity contribution in [2.75, 3.05) is 11.9 Å². The third kappa shape index (κ3) is 4.91. The number of amides is 1. The van der Waals surface area contributed by atoms with Crippen molar-refractivity contribution in [3.05, 3.63) is 70.6 Å². The van der Waals surface area contributed by atoms with Crippen LogP contribution in [-0.4, -0.2) is 32.3 Å². The molecule has 1 fully saturated rings. The van der Waals surface area contributed by atoms with Gasteiger partial charge in [-0.05, 0) is 44.7 Å². The highest BCUT2D eigenvalue weighted by Crippen LogP contribution is 2.30. The molecule has 1 atom stereocenters. The molecule has 1 aliphatic heterocycles. The molecule has 30 heavy (non-hydrogen) atoms. The topological polar surface area (TPSA) is 71.0 Å². The number of benzene rings is 1. The summed E-state index contributed by atoms with van der Waals surface area (Å²) in [6.07, 6.45) is 6.44. The van der Waals surface area contributed by atoms with E-state index in [1.54, 1.807) is 17.4 Å². The van der Waals surface area contributed by atoms with Crippen LogP contribution in [-0.2, 0) is 4.79 Å². The Bertz CT molecular complexity index is 1050. The predicted molar refractivity (Wildman–Crippen MR) is 121 cm³/mol. The molecule has 1 N–H and O–H groups in total. The van der Waals surface area contributed by atoms with E-state index >= 15 is 0 Å². The average Bonchev–Trinajstić information content (AvgIpc) is 3.16. The number of piperidine rings is 1. The molecule has 3 heterocycles. The molecule has 1 amide bonds. The predicted octanol–water partition coefficient (Wildman–Crippen LogP) is 5.06. The Balaban J connectivity index is 1.56. The fourth-order valence-corrected chi connectivity index (χ4v) is 4.31. The molecule has 0 aliphatic carbocycles. The van der Waals surface area contributed by atoms with Crippen LogP contribution in [0.2, 0.25) is 0 Å². The minimum absolute atomic E-state index is 0.00119. The number of aryl methyl sites for hydroxylation is 2. The van der Waals surface area contributed by atoms with Gasteiger partial charge in [-0.3, -0.25) is 4.79 Å². The number of thiazole rings is 1. The van der Waals surface area contributed by atoms with E-state index in [0.29, 0.717) is 18.2 Å². The zero-order chi connectivity index (χ0) is 20.9. The van der Waals surface area contributed by atoms with Gasteiger partial charge in [0.15, 0.2) is 11.0 Å². The van der Waals surface area contributed by atoms with E-state index in [0.717, 1.165) is 41.3 Å². The van der Waals surface area contributed by atoms with Crippen molar-refractivity contribution in [2.24, 2.45) is 0 Å². The Hall–Kier alpha value is -3.06. The van der Waals surface area contributed by atoms with Crippen molar-refractivity contribution in [1.29, 1.82) is 0 Å². The molecule has 1 aliphatic rings. The van der Waals surface area contributed by atoms with E-state index in [2.05, 4.69) is 15.3 Å². The molecule has 0 spiro atoms. The second-order valence-corrected chi connectivity index (χ2v) is 8.32. The second-order valence-electron chi connectivity index (χ2n) is 7.46. The monoisotopic (exact) mass is 419 g/mol. The van der Waals surface area contributed by atoms with E-state index < -0.39 is 0 Å². The number of carbonyl (C=O) groups excluding carboxylic acids is 1. The van der Waals surface area contributed by atoms with Crippen LogP contribution in [0.3, 0.4) is 0 Å². The summed E-state index contributed by atoms with van der Waals surface area (Å²) in [4.78, 5) is 28.7. The second kappa shape index (κ2) is 9.17. The Morgan fingerprint density at radius 3 is 2.73 bits per heavy atom. The molecule has 0 bridgehead atoms. The van der Waals surface area contributed by atoms with E-state index in [1.165, 1.54) is 0 Å². The van der Waals surface area contributed by atoms with Crippen molar-refractivity contribution < 1.29 is 4.79 Å². The smallest absolute Gasteiger partial charge is 0.247 e. The summed E-state index contributed by atoms with van der Waals surface area (Å²) in [5, 5.41) is 6.08. The maximum Gasteiger partial charge on any atom is 0.247 e. The number of aromatic nitrogens is 3. The summed E-state index contributed by atoms with van der Waals surface area (Å²) in [5.74, 6) is 1.40. The largest absolute Gasteiger partial charge is 0.329 e. The fourth-order valence-electron chi connectivity index (χ4n) is 3.62. The van der Waals surface area contributed by atoms with Gasteiger partial charge in [0.05, 0.1) is 11.7 Å². The minimum atomic E-state index is -0.120. The number of likely N-dealkylation sites (tertiary alicyclic amines) is 1. The minimum Gasteiger partial charge on any atom is -0.329 e. The summed E-state index contributed by atoms with van der Waals surface area (Å²) in [7, 11) is 0. The standard InChI is InChI=1S/C23H25N5OS/c1-16-14-20(27-23-25-17(2)15-30-23)26-22(24-16)19-10-6-7-13-28(19)21(29)12-11-18-8-4-3-5-9-18/h3-5,8-9,11-12,14-15,19H,6-7,10,13H2,1-2H3,(H,24,25,26,27)/b12-11+/t19-/m1/s1. The number of carbonyl (C=O) groups is 1. The van der Waals surface area contributed by atoms with Gasteiger partial charge in [0, 0.05) is 29.8 Å². The van der Waals surface area contributed by atoms with Gasteiger partial charge in [-0.25, -0.2) is 15.0 Å². The van der Waals surface area contributed by atoms with Crippen LogP contribution in [0.5, 0.6) is 0 Å². The van der Waals surface area contributed by atoms with Gasteiger partial charge in [-0.1, -0.05) is 30.3 Å². The average molecular weight is 420 g/mol. The maximum atomic E-state index is 13.0. The summed E-state index contributed by atoms with van der Waals surface area (Å²) >= 11 is 1.55. The molecule has 4 rings (SSSR count). The van der Waals surface area contributed by atoms with E-state index in [9.17, 15) is 4.79 Å². The van der Waals surface area contributed by atoms with Gasteiger partial charge in [0.25, 0.3) is 0 Å². The van der Waals surface area contributed by atoms with E-state index in [-0.39, 0.29) is 11.9 Å². The summed E-state index contributed by atoms with van der Waals surface area (Å²) < 4.78 is 0. The molecular formula is C23H25N5OS. The third-order valence-corrected chi connectivity index (χ3v) is 5.90. The first-order valence-corrected chi connectivity index (χ1v) is 11.0. The molecule has 0 radical (unpaired) electrons. The Morgan fingerprint density at radius 1 is 1.13 bits per heavy atom. The first-order chi connectivity index (χ1) is 14.6. The molecule has 0 saturated carbocycles. The van der Waals surface area contributed by atoms with E-state index in [1.807, 2.05) is 66.6 Å². The Labute approximate surface area is 180 Å². The molecule has 7 heteroatoms. The van der Waals surface area contributed by atoms with Crippen LogP contribution in [0, 0.1) is 13.8 Å². The molecule has 6 nitrogen and oxygen atoms in total. The molecule has 154 valence electrons. The van der Waals surface area contributed by atoms with Gasteiger partial charge >= 0.3 is 0 Å². The molecular weight excluding hydrogens is 394 g/mol. The highest BCUT2D eigenvalue weighted by atomic mass is 32.1. The summed E-state index contributed by atoms with van der Waals surface area (Å²) in [5.41, 5.74) is 2.85. The summed E-state index contributed by atoms with van der Waals surface area (Å²) in [6.45, 7) is 4.63. The Kier molecular flexibility index (Phi) is 6.18. The third-order valence-electron chi connectivity index (χ3n) is 5.03. The zero-order valence-electron chi connectivity index (χ0n) is 17.2. The number of nitrogens with zero attached hydrogens (tertiary/aromatic N) is 4. The van der Waals surface area contributed by atoms with Gasteiger partial charge < -0.3 is 10.2 Å². The summed E-state index contributed by atoms with van der Waals surface area (Å²) in [6, 6.07) is 11.7. The highest BCUT2D eigenvalue weighted by molar-refractivity contribution is 7.13. The number of hydrogen-bond donors (Lipinski definition) is 1. The SMILES string of the molecule is Cc1cc(Nc2nc(C)cs2)nc([C@H]2CCCCN2C(=O)/C=C/c2ccccc2)n1. The molecule has 1 aromatic carbocycles. The van der Waals surface area contributed by atoms with Gasteiger partial charge in [-0.15, -0.1) is 11.3 Å². The van der Waals surface area contributed by atoms with Crippen LogP contribution in [0.25, 0.3) is 6.08 Å². The van der Waals surface area contributed by atoms with Crippen LogP contribution >= 0.6 is 11.3 Å². The van der Waals surface area contributed by atoms with Crippen LogP contribution in [0.4, 0.5) is 10.9 Å². The lowest BCUT2D eigenvalue weighted by molar-refractivity contribution is -0.129. The van der Waals surface area contributed by atoms with Crippen LogP contribution < -0.4 is 5.32 Å². The molecule has 0 unspecified atom stereocenters. The number of nitrogens with one attached hydrogen (secondary N) is 1. The van der Waals surface area contributed by atoms with Crippen molar-refractivity contribution in [1.82, 2.24) is 19.9 Å². The van der Waals surface area contributed by atoms with E-state index in [4.69, 9.17) is 4.98 Å². The van der Waals surface area contributed by atoms with Gasteiger partial charge in [0.1, 0.15) is 5.82 Å². The lowest BCUT2D eigenvalue weighted by Crippen LogP contribution is -2.38. The van der Waals surface area contributed by atoms with Crippen molar-refractivity contribution >= 4 is 34.3 Å². The first kappa shape index (κ1) is 20.2. The quantitative estimate of drug-likeness (QED) is 0.585. The zero-order valence-corrected chi connectivity index (χ0v) is 18.0. The lowest BCUT2D eigenvalue weighted by atomic mass is 10.0. The van der Waals surface area contributed by atoms with Crippen molar-refractivity contribution in [3.63, 3.8) is 0 Å². The molecule has 3 aromatic rings. The van der Waals surface area contributed by atoms with Gasteiger partial charge in [-0.2, -0.15) is 0 Å². The van der Waals surface area contributed by atoms with Gasteiger partial charge in [0.2, 0.25) is 5.91 Å². The van der Waals surface area contributed by atoms with Crippen molar-refractivity contribution in [3.8, 4) is 0 Å². The number of hydrogen-bond acceptors (Lipinski definition) is 6. The fraction of sp³-hybridized carbons (Fsp3) is 0.304. The van der Waals surface area contributed by atoms with Crippen LogP contribution in [0.1, 0.15) is 48.1 Å². The number of anilines is 2. The molecule has 2 aromatic heterocycles. The Morgan fingerprint density at radius 2 is 1.97 bits per heavy atom. The molecule has 1 saturated heterocycles. The normalized spacial score (nSPS) is 16.7. The highest BCUT2D eigenvalue weighted by Gasteiger charge is 2.29. The first-order valence-electron chi connectivity index (χ1n) is 10.2. The maximum absolute atomic E-state index is 13.0.